The van der Waals surface area contributed by atoms with Crippen molar-refractivity contribution >= 4 is 23.5 Å². The zero-order valence-corrected chi connectivity index (χ0v) is 9.78. The normalized spacial score (nSPS) is 21.9. The number of amides is 1. The third kappa shape index (κ3) is 2.77. The molecule has 1 fully saturated rings. The van der Waals surface area contributed by atoms with Crippen LogP contribution in [0.3, 0.4) is 0 Å². The second-order valence-corrected chi connectivity index (χ2v) is 4.50. The molecule has 0 bridgehead atoms. The quantitative estimate of drug-likeness (QED) is 0.858. The monoisotopic (exact) mass is 253 g/mol. The van der Waals surface area contributed by atoms with Gasteiger partial charge in [0.05, 0.1) is 11.8 Å². The van der Waals surface area contributed by atoms with E-state index in [1.165, 1.54) is 0 Å². The molecule has 1 aromatic rings. The van der Waals surface area contributed by atoms with Crippen molar-refractivity contribution in [1.29, 1.82) is 0 Å². The highest BCUT2D eigenvalue weighted by Gasteiger charge is 2.48. The summed E-state index contributed by atoms with van der Waals surface area (Å²) in [5.41, 5.74) is 0.829. The SMILES string of the molecule is O=C(O)[C@H]1C[C@H]1C(=O)NCc1ccccc1Cl. The Morgan fingerprint density at radius 3 is 2.65 bits per heavy atom. The standard InChI is InChI=1S/C12H12ClNO3/c13-10-4-2-1-3-7(10)6-14-11(15)8-5-9(8)12(16)17/h1-4,8-9H,5-6H2,(H,14,15)(H,16,17)/t8-,9+/m1/s1. The van der Waals surface area contributed by atoms with Crippen LogP contribution >= 0.6 is 11.6 Å². The number of benzene rings is 1. The first-order chi connectivity index (χ1) is 8.09. The molecule has 1 aromatic carbocycles. The van der Waals surface area contributed by atoms with Crippen LogP contribution in [0, 0.1) is 11.8 Å². The molecule has 2 atom stereocenters. The summed E-state index contributed by atoms with van der Waals surface area (Å²) in [4.78, 5) is 22.2. The molecular weight excluding hydrogens is 242 g/mol. The maximum Gasteiger partial charge on any atom is 0.307 e. The molecule has 1 amide bonds. The molecule has 0 unspecified atom stereocenters. The Kier molecular flexibility index (Phi) is 3.33. The predicted octanol–water partition coefficient (Wildman–Crippen LogP) is 1.68. The van der Waals surface area contributed by atoms with Crippen LogP contribution in [0.15, 0.2) is 24.3 Å². The van der Waals surface area contributed by atoms with Gasteiger partial charge in [0, 0.05) is 11.6 Å². The van der Waals surface area contributed by atoms with Crippen molar-refractivity contribution in [3.8, 4) is 0 Å². The number of halogens is 1. The van der Waals surface area contributed by atoms with Gasteiger partial charge >= 0.3 is 5.97 Å². The average Bonchev–Trinajstić information content (AvgIpc) is 3.07. The molecule has 1 aliphatic carbocycles. The Labute approximate surface area is 104 Å². The topological polar surface area (TPSA) is 66.4 Å². The van der Waals surface area contributed by atoms with Crippen LogP contribution in [0.2, 0.25) is 5.02 Å². The highest BCUT2D eigenvalue weighted by molar-refractivity contribution is 6.31. The number of carbonyl (C=O) groups excluding carboxylic acids is 1. The zero-order chi connectivity index (χ0) is 12.4. The van der Waals surface area contributed by atoms with Crippen molar-refractivity contribution in [2.45, 2.75) is 13.0 Å². The Hall–Kier alpha value is -1.55. The van der Waals surface area contributed by atoms with E-state index < -0.39 is 11.9 Å². The van der Waals surface area contributed by atoms with Gasteiger partial charge in [-0.1, -0.05) is 29.8 Å². The van der Waals surface area contributed by atoms with Gasteiger partial charge in [0.2, 0.25) is 5.91 Å². The summed E-state index contributed by atoms with van der Waals surface area (Å²) < 4.78 is 0. The molecule has 1 saturated carbocycles. The number of carboxylic acids is 1. The maximum atomic E-state index is 11.6. The Morgan fingerprint density at radius 1 is 1.35 bits per heavy atom. The van der Waals surface area contributed by atoms with Crippen molar-refractivity contribution in [1.82, 2.24) is 5.32 Å². The van der Waals surface area contributed by atoms with Gasteiger partial charge in [0.1, 0.15) is 0 Å². The van der Waals surface area contributed by atoms with Crippen molar-refractivity contribution in [3.63, 3.8) is 0 Å². The lowest BCUT2D eigenvalue weighted by atomic mass is 10.2. The minimum absolute atomic E-state index is 0.211. The highest BCUT2D eigenvalue weighted by atomic mass is 35.5. The lowest BCUT2D eigenvalue weighted by molar-refractivity contribution is -0.140. The number of rotatable bonds is 4. The lowest BCUT2D eigenvalue weighted by Crippen LogP contribution is -2.26. The van der Waals surface area contributed by atoms with Gasteiger partial charge in [-0.05, 0) is 18.1 Å². The van der Waals surface area contributed by atoms with Gasteiger partial charge in [-0.25, -0.2) is 0 Å². The fourth-order valence-electron chi connectivity index (χ4n) is 1.71. The predicted molar refractivity (Wildman–Crippen MR) is 62.5 cm³/mol. The van der Waals surface area contributed by atoms with Gasteiger partial charge in [0.25, 0.3) is 0 Å². The molecule has 5 heteroatoms. The Morgan fingerprint density at radius 2 is 2.06 bits per heavy atom. The minimum Gasteiger partial charge on any atom is -0.481 e. The fourth-order valence-corrected chi connectivity index (χ4v) is 1.92. The Bertz CT molecular complexity index is 461. The number of nitrogens with one attached hydrogen (secondary N) is 1. The first kappa shape index (κ1) is 11.9. The van der Waals surface area contributed by atoms with E-state index in [1.807, 2.05) is 18.2 Å². The van der Waals surface area contributed by atoms with Crippen molar-refractivity contribution < 1.29 is 14.7 Å². The van der Waals surface area contributed by atoms with Gasteiger partial charge in [-0.2, -0.15) is 0 Å². The minimum atomic E-state index is -0.900. The molecule has 0 aromatic heterocycles. The van der Waals surface area contributed by atoms with Gasteiger partial charge in [-0.15, -0.1) is 0 Å². The molecule has 4 nitrogen and oxygen atoms in total. The lowest BCUT2D eigenvalue weighted by Gasteiger charge is -2.06. The molecule has 0 aliphatic heterocycles. The van der Waals surface area contributed by atoms with E-state index in [9.17, 15) is 9.59 Å². The third-order valence-corrected chi connectivity index (χ3v) is 3.22. The summed E-state index contributed by atoms with van der Waals surface area (Å²) in [7, 11) is 0. The van der Waals surface area contributed by atoms with Crippen LogP contribution in [0.4, 0.5) is 0 Å². The van der Waals surface area contributed by atoms with Crippen molar-refractivity contribution in [2.75, 3.05) is 0 Å². The van der Waals surface area contributed by atoms with E-state index in [4.69, 9.17) is 16.7 Å². The van der Waals surface area contributed by atoms with E-state index >= 15 is 0 Å². The van der Waals surface area contributed by atoms with Crippen molar-refractivity contribution in [2.24, 2.45) is 11.8 Å². The largest absolute Gasteiger partial charge is 0.481 e. The number of hydrogen-bond donors (Lipinski definition) is 2. The van der Waals surface area contributed by atoms with E-state index in [0.29, 0.717) is 18.0 Å². The molecule has 0 saturated heterocycles. The van der Waals surface area contributed by atoms with E-state index in [1.54, 1.807) is 6.07 Å². The average molecular weight is 254 g/mol. The fraction of sp³-hybridized carbons (Fsp3) is 0.333. The van der Waals surface area contributed by atoms with Crippen LogP contribution in [-0.2, 0) is 16.1 Å². The van der Waals surface area contributed by atoms with Crippen LogP contribution in [0.5, 0.6) is 0 Å². The first-order valence-electron chi connectivity index (χ1n) is 5.33. The van der Waals surface area contributed by atoms with Crippen LogP contribution in [0.1, 0.15) is 12.0 Å². The first-order valence-corrected chi connectivity index (χ1v) is 5.71. The summed E-state index contributed by atoms with van der Waals surface area (Å²) >= 11 is 5.94. The van der Waals surface area contributed by atoms with E-state index in [-0.39, 0.29) is 11.8 Å². The zero-order valence-electron chi connectivity index (χ0n) is 9.02. The molecule has 17 heavy (non-hydrogen) atoms. The second-order valence-electron chi connectivity index (χ2n) is 4.10. The molecule has 90 valence electrons. The third-order valence-electron chi connectivity index (χ3n) is 2.86. The van der Waals surface area contributed by atoms with Crippen molar-refractivity contribution in [3.05, 3.63) is 34.9 Å². The van der Waals surface area contributed by atoms with Gasteiger partial charge in [-0.3, -0.25) is 9.59 Å². The highest BCUT2D eigenvalue weighted by Crippen LogP contribution is 2.38. The summed E-state index contributed by atoms with van der Waals surface area (Å²) in [6.45, 7) is 0.335. The molecule has 0 radical (unpaired) electrons. The number of hydrogen-bond acceptors (Lipinski definition) is 2. The number of aliphatic carboxylic acids is 1. The smallest absolute Gasteiger partial charge is 0.307 e. The van der Waals surface area contributed by atoms with Crippen LogP contribution in [0.25, 0.3) is 0 Å². The summed E-state index contributed by atoms with van der Waals surface area (Å²) in [5.74, 6) is -2.00. The van der Waals surface area contributed by atoms with Crippen LogP contribution < -0.4 is 5.32 Å². The second kappa shape index (κ2) is 4.75. The van der Waals surface area contributed by atoms with E-state index in [2.05, 4.69) is 5.32 Å². The van der Waals surface area contributed by atoms with Crippen LogP contribution in [-0.4, -0.2) is 17.0 Å². The maximum absolute atomic E-state index is 11.6. The molecule has 2 N–H and O–H groups in total. The van der Waals surface area contributed by atoms with Gasteiger partial charge < -0.3 is 10.4 Å². The number of carboxylic acid groups (broad SMARTS) is 1. The summed E-state index contributed by atoms with van der Waals surface area (Å²) in [6, 6.07) is 7.23. The molecular formula is C12H12ClNO3. The van der Waals surface area contributed by atoms with Gasteiger partial charge in [0.15, 0.2) is 0 Å². The molecule has 0 spiro atoms. The summed E-state index contributed by atoms with van der Waals surface area (Å²) in [5, 5.41) is 12.0. The molecule has 1 aliphatic rings. The summed E-state index contributed by atoms with van der Waals surface area (Å²) in [6.07, 6.45) is 0.434. The number of carbonyl (C=O) groups is 2. The Balaban J connectivity index is 1.86. The van der Waals surface area contributed by atoms with E-state index in [0.717, 1.165) is 5.56 Å². The molecule has 0 heterocycles. The molecule has 2 rings (SSSR count).